The molecule has 1 aromatic heterocycles. The summed E-state index contributed by atoms with van der Waals surface area (Å²) < 4.78 is 5.80. The lowest BCUT2D eigenvalue weighted by Gasteiger charge is -2.53. The standard InChI is InChI=1S/C14H20N2O/c1-7-16-14(15)13(17-7)12-10-3-8-2-9(5-10)6-11(12)4-8/h8-12H,2-6,15H2,1H3. The number of nitrogens with two attached hydrogens (primary N) is 1. The van der Waals surface area contributed by atoms with Crippen LogP contribution in [0.5, 0.6) is 0 Å². The number of hydrogen-bond acceptors (Lipinski definition) is 3. The Bertz CT molecular complexity index is 423. The summed E-state index contributed by atoms with van der Waals surface area (Å²) >= 11 is 0. The first-order valence-corrected chi connectivity index (χ1v) is 6.93. The molecule has 0 aliphatic heterocycles. The van der Waals surface area contributed by atoms with Crippen LogP contribution in [0.2, 0.25) is 0 Å². The van der Waals surface area contributed by atoms with E-state index in [-0.39, 0.29) is 0 Å². The summed E-state index contributed by atoms with van der Waals surface area (Å²) in [5.41, 5.74) is 6.02. The first-order chi connectivity index (χ1) is 8.20. The van der Waals surface area contributed by atoms with Crippen molar-refractivity contribution in [3.63, 3.8) is 0 Å². The van der Waals surface area contributed by atoms with E-state index in [0.717, 1.165) is 35.3 Å². The maximum Gasteiger partial charge on any atom is 0.193 e. The van der Waals surface area contributed by atoms with Crippen molar-refractivity contribution in [2.45, 2.75) is 44.9 Å². The van der Waals surface area contributed by atoms with Crippen LogP contribution >= 0.6 is 0 Å². The molecule has 1 aromatic rings. The molecule has 3 heteroatoms. The maximum absolute atomic E-state index is 6.02. The van der Waals surface area contributed by atoms with E-state index in [4.69, 9.17) is 10.2 Å². The molecule has 4 fully saturated rings. The zero-order valence-corrected chi connectivity index (χ0v) is 10.4. The Morgan fingerprint density at radius 3 is 2.12 bits per heavy atom. The van der Waals surface area contributed by atoms with Crippen LogP contribution in [0.25, 0.3) is 0 Å². The van der Waals surface area contributed by atoms with Crippen LogP contribution in [0.1, 0.15) is 49.7 Å². The van der Waals surface area contributed by atoms with E-state index in [2.05, 4.69) is 4.98 Å². The van der Waals surface area contributed by atoms with Crippen molar-refractivity contribution in [1.82, 2.24) is 4.98 Å². The van der Waals surface area contributed by atoms with Gasteiger partial charge < -0.3 is 10.2 Å². The van der Waals surface area contributed by atoms with Crippen LogP contribution in [-0.2, 0) is 0 Å². The molecule has 0 saturated heterocycles. The highest BCUT2D eigenvalue weighted by Gasteiger charge is 2.50. The summed E-state index contributed by atoms with van der Waals surface area (Å²) in [6.45, 7) is 1.90. The molecule has 0 aromatic carbocycles. The van der Waals surface area contributed by atoms with E-state index in [9.17, 15) is 0 Å². The lowest BCUT2D eigenvalue weighted by Crippen LogP contribution is -2.43. The third kappa shape index (κ3) is 1.37. The highest BCUT2D eigenvalue weighted by molar-refractivity contribution is 5.37. The van der Waals surface area contributed by atoms with Crippen molar-refractivity contribution in [2.24, 2.45) is 23.7 Å². The molecule has 0 spiro atoms. The van der Waals surface area contributed by atoms with Crippen LogP contribution in [0.15, 0.2) is 4.42 Å². The SMILES string of the molecule is Cc1nc(N)c(C2C3CC4CC(C3)CC2C4)o1. The Morgan fingerprint density at radius 1 is 1.06 bits per heavy atom. The Hall–Kier alpha value is -0.990. The van der Waals surface area contributed by atoms with Crippen LogP contribution in [0, 0.1) is 30.6 Å². The van der Waals surface area contributed by atoms with E-state index in [1.54, 1.807) is 0 Å². The van der Waals surface area contributed by atoms with Gasteiger partial charge in [0, 0.05) is 12.8 Å². The van der Waals surface area contributed by atoms with Gasteiger partial charge >= 0.3 is 0 Å². The summed E-state index contributed by atoms with van der Waals surface area (Å²) in [4.78, 5) is 4.25. The predicted octanol–water partition coefficient (Wildman–Crippen LogP) is 3.10. The molecule has 1 heterocycles. The fraction of sp³-hybridized carbons (Fsp3) is 0.786. The van der Waals surface area contributed by atoms with Gasteiger partial charge in [-0.05, 0) is 55.8 Å². The van der Waals surface area contributed by atoms with Gasteiger partial charge in [-0.3, -0.25) is 0 Å². The maximum atomic E-state index is 6.02. The molecule has 2 N–H and O–H groups in total. The predicted molar refractivity (Wildman–Crippen MR) is 65.4 cm³/mol. The van der Waals surface area contributed by atoms with Gasteiger partial charge in [-0.2, -0.15) is 4.98 Å². The van der Waals surface area contributed by atoms with Gasteiger partial charge in [0.1, 0.15) is 0 Å². The normalized spacial score (nSPS) is 43.2. The molecule has 0 amide bonds. The molecule has 0 unspecified atom stereocenters. The van der Waals surface area contributed by atoms with Crippen molar-refractivity contribution in [1.29, 1.82) is 0 Å². The summed E-state index contributed by atoms with van der Waals surface area (Å²) in [7, 11) is 0. The zero-order chi connectivity index (χ0) is 11.6. The van der Waals surface area contributed by atoms with Gasteiger partial charge in [0.05, 0.1) is 0 Å². The minimum absolute atomic E-state index is 0.573. The number of oxazole rings is 1. The van der Waals surface area contributed by atoms with E-state index in [0.29, 0.717) is 11.7 Å². The number of nitrogens with zero attached hydrogens (tertiary/aromatic N) is 1. The minimum Gasteiger partial charge on any atom is -0.443 e. The molecule has 4 saturated carbocycles. The van der Waals surface area contributed by atoms with Crippen LogP contribution < -0.4 is 5.73 Å². The third-order valence-electron chi connectivity index (χ3n) is 5.32. The summed E-state index contributed by atoms with van der Waals surface area (Å²) in [5, 5.41) is 0. The Balaban J connectivity index is 1.72. The van der Waals surface area contributed by atoms with Crippen LogP contribution in [-0.4, -0.2) is 4.98 Å². The summed E-state index contributed by atoms with van der Waals surface area (Å²) in [6.07, 6.45) is 7.09. The van der Waals surface area contributed by atoms with Gasteiger partial charge in [0.2, 0.25) is 0 Å². The largest absolute Gasteiger partial charge is 0.443 e. The average Bonchev–Trinajstić information content (AvgIpc) is 2.56. The van der Waals surface area contributed by atoms with Crippen molar-refractivity contribution < 1.29 is 4.42 Å². The molecular formula is C14H20N2O. The summed E-state index contributed by atoms with van der Waals surface area (Å²) in [6, 6.07) is 0. The second-order valence-corrected chi connectivity index (χ2v) is 6.44. The van der Waals surface area contributed by atoms with Gasteiger partial charge in [0.15, 0.2) is 17.5 Å². The molecule has 92 valence electrons. The van der Waals surface area contributed by atoms with Crippen molar-refractivity contribution in [3.8, 4) is 0 Å². The number of aromatic nitrogens is 1. The molecule has 0 atom stereocenters. The van der Waals surface area contributed by atoms with Gasteiger partial charge in [-0.15, -0.1) is 0 Å². The molecule has 4 aliphatic rings. The van der Waals surface area contributed by atoms with Gasteiger partial charge in [0.25, 0.3) is 0 Å². The Labute approximate surface area is 102 Å². The number of rotatable bonds is 1. The van der Waals surface area contributed by atoms with E-state index < -0.39 is 0 Å². The van der Waals surface area contributed by atoms with Crippen LogP contribution in [0.4, 0.5) is 5.82 Å². The van der Waals surface area contributed by atoms with E-state index >= 15 is 0 Å². The van der Waals surface area contributed by atoms with Gasteiger partial charge in [-0.1, -0.05) is 0 Å². The van der Waals surface area contributed by atoms with Crippen molar-refractivity contribution in [2.75, 3.05) is 5.73 Å². The topological polar surface area (TPSA) is 52.0 Å². The highest BCUT2D eigenvalue weighted by Crippen LogP contribution is 2.60. The molecule has 3 nitrogen and oxygen atoms in total. The number of anilines is 1. The zero-order valence-electron chi connectivity index (χ0n) is 10.4. The molecular weight excluding hydrogens is 212 g/mol. The average molecular weight is 232 g/mol. The van der Waals surface area contributed by atoms with E-state index in [1.807, 2.05) is 6.92 Å². The second kappa shape index (κ2) is 3.27. The smallest absolute Gasteiger partial charge is 0.193 e. The Morgan fingerprint density at radius 2 is 1.65 bits per heavy atom. The molecule has 4 bridgehead atoms. The first-order valence-electron chi connectivity index (χ1n) is 6.93. The van der Waals surface area contributed by atoms with E-state index in [1.165, 1.54) is 32.1 Å². The number of aryl methyl sites for hydroxylation is 1. The molecule has 17 heavy (non-hydrogen) atoms. The minimum atomic E-state index is 0.573. The highest BCUT2D eigenvalue weighted by atomic mass is 16.4. The number of nitrogen functional groups attached to an aromatic ring is 1. The van der Waals surface area contributed by atoms with Crippen molar-refractivity contribution >= 4 is 5.82 Å². The van der Waals surface area contributed by atoms with Gasteiger partial charge in [-0.25, -0.2) is 0 Å². The Kier molecular flexibility index (Phi) is 1.92. The van der Waals surface area contributed by atoms with Crippen molar-refractivity contribution in [3.05, 3.63) is 11.7 Å². The fourth-order valence-corrected chi connectivity index (χ4v) is 5.05. The second-order valence-electron chi connectivity index (χ2n) is 6.44. The fourth-order valence-electron chi connectivity index (χ4n) is 5.05. The molecule has 5 rings (SSSR count). The first kappa shape index (κ1) is 9.98. The number of hydrogen-bond donors (Lipinski definition) is 1. The lowest BCUT2D eigenvalue weighted by atomic mass is 9.51. The lowest BCUT2D eigenvalue weighted by molar-refractivity contribution is -0.00952. The monoisotopic (exact) mass is 232 g/mol. The summed E-state index contributed by atoms with van der Waals surface area (Å²) in [5.74, 6) is 6.60. The third-order valence-corrected chi connectivity index (χ3v) is 5.32. The molecule has 0 radical (unpaired) electrons. The molecule has 4 aliphatic carbocycles. The van der Waals surface area contributed by atoms with Crippen LogP contribution in [0.3, 0.4) is 0 Å². The quantitative estimate of drug-likeness (QED) is 0.809.